The molecular weight excluding hydrogens is 486 g/mol. The molecular formula is C32H38F2O4. The molecule has 0 saturated heterocycles. The molecule has 0 spiro atoms. The number of carbonyl (C=O) groups is 1. The van der Waals surface area contributed by atoms with Gasteiger partial charge in [0.1, 0.15) is 11.5 Å². The van der Waals surface area contributed by atoms with Crippen LogP contribution in [-0.4, -0.2) is 25.3 Å². The fraction of sp³-hybridized carbons (Fsp3) is 0.406. The predicted molar refractivity (Wildman–Crippen MR) is 147 cm³/mol. The van der Waals surface area contributed by atoms with Crippen LogP contribution in [0.1, 0.15) is 65.7 Å². The summed E-state index contributed by atoms with van der Waals surface area (Å²) in [7, 11) is 0. The van der Waals surface area contributed by atoms with Crippen molar-refractivity contribution >= 4 is 5.97 Å². The van der Waals surface area contributed by atoms with Crippen LogP contribution in [0.3, 0.4) is 0 Å². The largest absolute Gasteiger partial charge is 0.493 e. The van der Waals surface area contributed by atoms with Crippen LogP contribution in [0.2, 0.25) is 0 Å². The lowest BCUT2D eigenvalue weighted by molar-refractivity contribution is -0.150. The van der Waals surface area contributed by atoms with E-state index < -0.39 is 23.7 Å². The van der Waals surface area contributed by atoms with Crippen LogP contribution in [0.25, 0.3) is 22.3 Å². The summed E-state index contributed by atoms with van der Waals surface area (Å²) in [6.07, 6.45) is 7.11. The first-order valence-corrected chi connectivity index (χ1v) is 13.6. The quantitative estimate of drug-likeness (QED) is 0.147. The van der Waals surface area contributed by atoms with Crippen molar-refractivity contribution in [2.24, 2.45) is 0 Å². The number of hydrogen-bond acceptors (Lipinski definition) is 4. The Morgan fingerprint density at radius 3 is 2.13 bits per heavy atom. The first kappa shape index (κ1) is 29.2. The second-order valence-corrected chi connectivity index (χ2v) is 9.30. The van der Waals surface area contributed by atoms with E-state index >= 15 is 8.78 Å². The lowest BCUT2D eigenvalue weighted by atomic mass is 9.97. The lowest BCUT2D eigenvalue weighted by Gasteiger charge is -2.17. The maximum Gasteiger partial charge on any atom is 0.347 e. The van der Waals surface area contributed by atoms with Crippen LogP contribution in [0.5, 0.6) is 11.5 Å². The van der Waals surface area contributed by atoms with Crippen molar-refractivity contribution < 1.29 is 27.8 Å². The molecule has 0 radical (unpaired) electrons. The zero-order valence-electron chi connectivity index (χ0n) is 22.6. The van der Waals surface area contributed by atoms with Crippen LogP contribution in [0.15, 0.2) is 60.7 Å². The van der Waals surface area contributed by atoms with Gasteiger partial charge >= 0.3 is 5.97 Å². The summed E-state index contributed by atoms with van der Waals surface area (Å²) >= 11 is 0. The van der Waals surface area contributed by atoms with Gasteiger partial charge in [-0.2, -0.15) is 0 Å². The summed E-state index contributed by atoms with van der Waals surface area (Å²) < 4.78 is 47.6. The highest BCUT2D eigenvalue weighted by atomic mass is 19.2. The molecule has 204 valence electrons. The van der Waals surface area contributed by atoms with E-state index in [9.17, 15) is 4.79 Å². The van der Waals surface area contributed by atoms with Crippen LogP contribution in [0.4, 0.5) is 8.78 Å². The number of carbonyl (C=O) groups excluding carboxylic acids is 1. The van der Waals surface area contributed by atoms with Crippen molar-refractivity contribution in [3.05, 3.63) is 72.3 Å². The number of esters is 1. The van der Waals surface area contributed by atoms with E-state index in [4.69, 9.17) is 14.2 Å². The van der Waals surface area contributed by atoms with E-state index in [-0.39, 0.29) is 17.7 Å². The molecule has 0 bridgehead atoms. The van der Waals surface area contributed by atoms with Gasteiger partial charge in [0.2, 0.25) is 0 Å². The Morgan fingerprint density at radius 1 is 0.816 bits per heavy atom. The van der Waals surface area contributed by atoms with Crippen LogP contribution < -0.4 is 9.47 Å². The van der Waals surface area contributed by atoms with Gasteiger partial charge in [-0.25, -0.2) is 13.6 Å². The number of halogens is 2. The highest BCUT2D eigenvalue weighted by Gasteiger charge is 2.22. The Bertz CT molecular complexity index is 1150. The maximum atomic E-state index is 15.6. The topological polar surface area (TPSA) is 44.8 Å². The van der Waals surface area contributed by atoms with Gasteiger partial charge in [-0.15, -0.1) is 0 Å². The van der Waals surface area contributed by atoms with Crippen molar-refractivity contribution in [3.8, 4) is 33.8 Å². The predicted octanol–water partition coefficient (Wildman–Crippen LogP) is 8.76. The number of rotatable bonds is 15. The first-order chi connectivity index (χ1) is 18.5. The summed E-state index contributed by atoms with van der Waals surface area (Å²) in [5, 5.41) is 0. The van der Waals surface area contributed by atoms with Crippen LogP contribution >= 0.6 is 0 Å². The van der Waals surface area contributed by atoms with E-state index in [0.29, 0.717) is 29.2 Å². The van der Waals surface area contributed by atoms with Crippen molar-refractivity contribution in [2.75, 3.05) is 13.2 Å². The third-order valence-corrected chi connectivity index (χ3v) is 6.34. The monoisotopic (exact) mass is 524 g/mol. The van der Waals surface area contributed by atoms with Gasteiger partial charge in [-0.3, -0.25) is 0 Å². The summed E-state index contributed by atoms with van der Waals surface area (Å²) in [4.78, 5) is 11.9. The van der Waals surface area contributed by atoms with Gasteiger partial charge in [-0.1, -0.05) is 87.9 Å². The molecule has 0 amide bonds. The highest BCUT2D eigenvalue weighted by Crippen LogP contribution is 2.40. The molecule has 6 heteroatoms. The number of unbranched alkanes of at least 4 members (excludes halogenated alkanes) is 6. The van der Waals surface area contributed by atoms with Gasteiger partial charge in [0.15, 0.2) is 17.7 Å². The molecule has 0 fully saturated rings. The molecule has 0 heterocycles. The third-order valence-electron chi connectivity index (χ3n) is 6.34. The Balaban J connectivity index is 1.83. The average molecular weight is 525 g/mol. The molecule has 1 atom stereocenters. The molecule has 0 aromatic heterocycles. The number of hydrogen-bond donors (Lipinski definition) is 0. The van der Waals surface area contributed by atoms with E-state index in [2.05, 4.69) is 6.92 Å². The zero-order chi connectivity index (χ0) is 27.3. The Morgan fingerprint density at radius 2 is 1.47 bits per heavy atom. The van der Waals surface area contributed by atoms with E-state index in [1.165, 1.54) is 25.7 Å². The highest BCUT2D eigenvalue weighted by molar-refractivity contribution is 5.78. The second kappa shape index (κ2) is 15.1. The minimum atomic E-state index is -0.963. The van der Waals surface area contributed by atoms with Gasteiger partial charge in [-0.05, 0) is 49.6 Å². The molecule has 3 aromatic rings. The van der Waals surface area contributed by atoms with Gasteiger partial charge < -0.3 is 14.2 Å². The van der Waals surface area contributed by atoms with Crippen molar-refractivity contribution in [2.45, 2.75) is 71.8 Å². The fourth-order valence-corrected chi connectivity index (χ4v) is 4.27. The molecule has 4 nitrogen and oxygen atoms in total. The summed E-state index contributed by atoms with van der Waals surface area (Å²) in [5.74, 6) is -1.65. The SMILES string of the molecule is CCCCCCCCCOc1cc(-c2ccccc2)c(F)c(F)c1-c1ccc(OC(C)C(=O)OCC)cc1. The minimum absolute atomic E-state index is 0.0649. The normalized spacial score (nSPS) is 11.7. The molecule has 3 aromatic carbocycles. The molecule has 38 heavy (non-hydrogen) atoms. The Hall–Kier alpha value is -3.41. The molecule has 0 aliphatic rings. The van der Waals surface area contributed by atoms with Gasteiger partial charge in [0.25, 0.3) is 0 Å². The van der Waals surface area contributed by atoms with E-state index in [0.717, 1.165) is 19.3 Å². The second-order valence-electron chi connectivity index (χ2n) is 9.30. The number of benzene rings is 3. The average Bonchev–Trinajstić information content (AvgIpc) is 2.93. The maximum absolute atomic E-state index is 15.6. The molecule has 3 rings (SSSR count). The first-order valence-electron chi connectivity index (χ1n) is 13.6. The van der Waals surface area contributed by atoms with Crippen molar-refractivity contribution in [3.63, 3.8) is 0 Å². The van der Waals surface area contributed by atoms with Gasteiger partial charge in [0, 0.05) is 5.56 Å². The molecule has 0 N–H and O–H groups in total. The van der Waals surface area contributed by atoms with Crippen LogP contribution in [0, 0.1) is 11.6 Å². The van der Waals surface area contributed by atoms with E-state index in [1.54, 1.807) is 68.4 Å². The fourth-order valence-electron chi connectivity index (χ4n) is 4.27. The molecule has 0 saturated carbocycles. The molecule has 0 aliphatic heterocycles. The number of ether oxygens (including phenoxy) is 3. The zero-order valence-corrected chi connectivity index (χ0v) is 22.6. The summed E-state index contributed by atoms with van der Waals surface area (Å²) in [5.41, 5.74) is 1.25. The third kappa shape index (κ3) is 8.04. The van der Waals surface area contributed by atoms with Gasteiger partial charge in [0.05, 0.1) is 18.8 Å². The smallest absolute Gasteiger partial charge is 0.347 e. The van der Waals surface area contributed by atoms with Crippen molar-refractivity contribution in [1.82, 2.24) is 0 Å². The lowest BCUT2D eigenvalue weighted by Crippen LogP contribution is -2.25. The molecule has 0 aliphatic carbocycles. The minimum Gasteiger partial charge on any atom is -0.493 e. The summed E-state index contributed by atoms with van der Waals surface area (Å²) in [6.45, 7) is 6.19. The standard InChI is InChI=1S/C32H38F2O4/c1-4-6-7-8-9-10-14-21-37-28-22-27(24-15-12-11-13-16-24)30(33)31(34)29(28)25-17-19-26(20-18-25)38-23(3)32(35)36-5-2/h11-13,15-20,22-23H,4-10,14,21H2,1-3H3. The Kier molecular flexibility index (Phi) is 11.6. The van der Waals surface area contributed by atoms with Crippen molar-refractivity contribution in [1.29, 1.82) is 0 Å². The Labute approximate surface area is 224 Å². The van der Waals surface area contributed by atoms with Crippen LogP contribution in [-0.2, 0) is 9.53 Å². The van der Waals surface area contributed by atoms with E-state index in [1.807, 2.05) is 6.07 Å². The molecule has 1 unspecified atom stereocenters. The summed E-state index contributed by atoms with van der Waals surface area (Å²) in [6, 6.07) is 17.0.